The molecule has 3 rings (SSSR count). The molecule has 1 saturated heterocycles. The van der Waals surface area contributed by atoms with Crippen LogP contribution in [0.25, 0.3) is 0 Å². The van der Waals surface area contributed by atoms with Crippen molar-refractivity contribution < 1.29 is 0 Å². The van der Waals surface area contributed by atoms with Gasteiger partial charge in [-0.2, -0.15) is 0 Å². The Hall–Kier alpha value is -2.04. The van der Waals surface area contributed by atoms with Crippen LogP contribution in [0.5, 0.6) is 0 Å². The molecule has 1 aliphatic heterocycles. The quantitative estimate of drug-likeness (QED) is 0.798. The van der Waals surface area contributed by atoms with E-state index in [1.807, 2.05) is 25.3 Å². The van der Waals surface area contributed by atoms with Crippen LogP contribution in [-0.4, -0.2) is 33.0 Å². The molecule has 92 valence electrons. The normalized spacial score (nSPS) is 19.2. The number of aromatic nitrogens is 4. The van der Waals surface area contributed by atoms with Crippen molar-refractivity contribution in [1.29, 1.82) is 0 Å². The molecule has 0 spiro atoms. The number of nitrogens with zero attached hydrogens (tertiary/aromatic N) is 5. The summed E-state index contributed by atoms with van der Waals surface area (Å²) in [5.74, 6) is 2.12. The van der Waals surface area contributed by atoms with Crippen LogP contribution in [0.1, 0.15) is 23.9 Å². The fraction of sp³-hybridized carbons (Fsp3) is 0.385. The highest BCUT2D eigenvalue weighted by atomic mass is 15.3. The molecule has 0 bridgehead atoms. The minimum absolute atomic E-state index is 0.383. The Morgan fingerprint density at radius 3 is 2.78 bits per heavy atom. The van der Waals surface area contributed by atoms with Crippen LogP contribution in [0.4, 0.5) is 5.95 Å². The molecule has 1 aliphatic rings. The summed E-state index contributed by atoms with van der Waals surface area (Å²) in [7, 11) is 0. The largest absolute Gasteiger partial charge is 0.340 e. The van der Waals surface area contributed by atoms with E-state index < -0.39 is 0 Å². The van der Waals surface area contributed by atoms with E-state index in [-0.39, 0.29) is 0 Å². The summed E-state index contributed by atoms with van der Waals surface area (Å²) in [6.45, 7) is 3.86. The van der Waals surface area contributed by atoms with Crippen molar-refractivity contribution in [2.75, 3.05) is 18.0 Å². The molecule has 5 heteroatoms. The summed E-state index contributed by atoms with van der Waals surface area (Å²) in [4.78, 5) is 19.6. The lowest BCUT2D eigenvalue weighted by atomic mass is 10.1. The van der Waals surface area contributed by atoms with Gasteiger partial charge in [-0.15, -0.1) is 0 Å². The van der Waals surface area contributed by atoms with Crippen molar-refractivity contribution in [2.24, 2.45) is 0 Å². The van der Waals surface area contributed by atoms with Crippen LogP contribution in [-0.2, 0) is 0 Å². The van der Waals surface area contributed by atoms with Gasteiger partial charge < -0.3 is 4.90 Å². The van der Waals surface area contributed by atoms with Crippen LogP contribution in [0.3, 0.4) is 0 Å². The Kier molecular flexibility index (Phi) is 2.88. The van der Waals surface area contributed by atoms with Crippen molar-refractivity contribution in [3.05, 3.63) is 42.2 Å². The number of aryl methyl sites for hydroxylation is 1. The van der Waals surface area contributed by atoms with Gasteiger partial charge in [0.15, 0.2) is 0 Å². The van der Waals surface area contributed by atoms with Crippen LogP contribution >= 0.6 is 0 Å². The van der Waals surface area contributed by atoms with Crippen molar-refractivity contribution in [3.63, 3.8) is 0 Å². The van der Waals surface area contributed by atoms with Crippen molar-refractivity contribution in [1.82, 2.24) is 19.9 Å². The second-order valence-electron chi connectivity index (χ2n) is 4.54. The monoisotopic (exact) mass is 241 g/mol. The third-order valence-corrected chi connectivity index (χ3v) is 3.20. The molecule has 1 atom stereocenters. The van der Waals surface area contributed by atoms with Crippen LogP contribution < -0.4 is 4.90 Å². The van der Waals surface area contributed by atoms with Gasteiger partial charge in [-0.05, 0) is 25.5 Å². The number of rotatable bonds is 2. The van der Waals surface area contributed by atoms with Crippen LogP contribution in [0, 0.1) is 6.92 Å². The second kappa shape index (κ2) is 4.68. The van der Waals surface area contributed by atoms with Gasteiger partial charge >= 0.3 is 0 Å². The standard InChI is InChI=1S/C13H15N5/c1-10-3-7-14-12(17-10)11-4-8-18(9-11)13-15-5-2-6-16-13/h2-3,5-7,11H,4,8-9H2,1H3/t11-/m0/s1. The maximum absolute atomic E-state index is 4.50. The highest BCUT2D eigenvalue weighted by Gasteiger charge is 2.27. The molecule has 5 nitrogen and oxygen atoms in total. The van der Waals surface area contributed by atoms with E-state index in [2.05, 4.69) is 24.8 Å². The highest BCUT2D eigenvalue weighted by Crippen LogP contribution is 2.26. The number of anilines is 1. The molecule has 0 saturated carbocycles. The van der Waals surface area contributed by atoms with E-state index in [0.717, 1.165) is 37.0 Å². The lowest BCUT2D eigenvalue weighted by Crippen LogP contribution is -2.21. The molecule has 18 heavy (non-hydrogen) atoms. The van der Waals surface area contributed by atoms with Gasteiger partial charge in [0.25, 0.3) is 0 Å². The van der Waals surface area contributed by atoms with Gasteiger partial charge in [-0.25, -0.2) is 19.9 Å². The maximum atomic E-state index is 4.50. The zero-order chi connectivity index (χ0) is 12.4. The molecule has 0 amide bonds. The van der Waals surface area contributed by atoms with E-state index in [1.165, 1.54) is 0 Å². The Morgan fingerprint density at radius 2 is 2.00 bits per heavy atom. The van der Waals surface area contributed by atoms with E-state index in [9.17, 15) is 0 Å². The average molecular weight is 241 g/mol. The topological polar surface area (TPSA) is 54.8 Å². The molecule has 3 heterocycles. The molecule has 0 radical (unpaired) electrons. The molecular formula is C13H15N5. The molecule has 2 aromatic heterocycles. The highest BCUT2D eigenvalue weighted by molar-refractivity contribution is 5.32. The average Bonchev–Trinajstić information content (AvgIpc) is 2.89. The predicted molar refractivity (Wildman–Crippen MR) is 68.4 cm³/mol. The Labute approximate surface area is 106 Å². The zero-order valence-corrected chi connectivity index (χ0v) is 10.3. The number of hydrogen-bond donors (Lipinski definition) is 0. The first kappa shape index (κ1) is 11.1. The molecule has 0 aliphatic carbocycles. The molecule has 0 unspecified atom stereocenters. The van der Waals surface area contributed by atoms with Crippen molar-refractivity contribution in [3.8, 4) is 0 Å². The van der Waals surface area contributed by atoms with Gasteiger partial charge in [0, 0.05) is 43.3 Å². The Bertz CT molecular complexity index is 528. The third-order valence-electron chi connectivity index (χ3n) is 3.20. The molecule has 1 fully saturated rings. The van der Waals surface area contributed by atoms with Gasteiger partial charge in [-0.1, -0.05) is 0 Å². The summed E-state index contributed by atoms with van der Waals surface area (Å²) < 4.78 is 0. The summed E-state index contributed by atoms with van der Waals surface area (Å²) in [5.41, 5.74) is 1.02. The zero-order valence-electron chi connectivity index (χ0n) is 10.3. The lowest BCUT2D eigenvalue weighted by Gasteiger charge is -2.15. The van der Waals surface area contributed by atoms with E-state index >= 15 is 0 Å². The van der Waals surface area contributed by atoms with Crippen molar-refractivity contribution >= 4 is 5.95 Å². The Balaban J connectivity index is 1.76. The number of hydrogen-bond acceptors (Lipinski definition) is 5. The third kappa shape index (κ3) is 2.16. The fourth-order valence-corrected chi connectivity index (χ4v) is 2.27. The molecule has 0 aromatic carbocycles. The first-order valence-electron chi connectivity index (χ1n) is 6.14. The molecule has 2 aromatic rings. The Morgan fingerprint density at radius 1 is 1.17 bits per heavy atom. The summed E-state index contributed by atoms with van der Waals surface area (Å²) >= 11 is 0. The van der Waals surface area contributed by atoms with Crippen molar-refractivity contribution in [2.45, 2.75) is 19.3 Å². The predicted octanol–water partition coefficient (Wildman–Crippen LogP) is 1.57. The second-order valence-corrected chi connectivity index (χ2v) is 4.54. The van der Waals surface area contributed by atoms with Crippen LogP contribution in [0.2, 0.25) is 0 Å². The summed E-state index contributed by atoms with van der Waals surface area (Å²) in [6, 6.07) is 3.76. The maximum Gasteiger partial charge on any atom is 0.225 e. The SMILES string of the molecule is Cc1ccnc([C@H]2CCN(c3ncccn3)C2)n1. The van der Waals surface area contributed by atoms with Gasteiger partial charge in [-0.3, -0.25) is 0 Å². The van der Waals surface area contributed by atoms with E-state index in [1.54, 1.807) is 12.4 Å². The summed E-state index contributed by atoms with van der Waals surface area (Å²) in [6.07, 6.45) is 6.44. The van der Waals surface area contributed by atoms with Crippen LogP contribution in [0.15, 0.2) is 30.7 Å². The smallest absolute Gasteiger partial charge is 0.225 e. The van der Waals surface area contributed by atoms with Gasteiger partial charge in [0.2, 0.25) is 5.95 Å². The minimum atomic E-state index is 0.383. The van der Waals surface area contributed by atoms with E-state index in [4.69, 9.17) is 0 Å². The van der Waals surface area contributed by atoms with E-state index in [0.29, 0.717) is 5.92 Å². The molecular weight excluding hydrogens is 226 g/mol. The fourth-order valence-electron chi connectivity index (χ4n) is 2.27. The first-order chi connectivity index (χ1) is 8.83. The lowest BCUT2D eigenvalue weighted by molar-refractivity contribution is 0.703. The minimum Gasteiger partial charge on any atom is -0.340 e. The molecule has 0 N–H and O–H groups in total. The van der Waals surface area contributed by atoms with Gasteiger partial charge in [0.1, 0.15) is 5.82 Å². The summed E-state index contributed by atoms with van der Waals surface area (Å²) in [5, 5.41) is 0. The van der Waals surface area contributed by atoms with Gasteiger partial charge in [0.05, 0.1) is 0 Å². The first-order valence-corrected chi connectivity index (χ1v) is 6.14.